The van der Waals surface area contributed by atoms with Gasteiger partial charge in [-0.2, -0.15) is 0 Å². The van der Waals surface area contributed by atoms with Gasteiger partial charge in [-0.15, -0.1) is 0 Å². The molecule has 2 amide bonds. The topological polar surface area (TPSA) is 96.0 Å². The van der Waals surface area contributed by atoms with Crippen LogP contribution in [0.3, 0.4) is 0 Å². The number of anilines is 1. The van der Waals surface area contributed by atoms with Gasteiger partial charge in [0.15, 0.2) is 0 Å². The number of aryl methyl sites for hydroxylation is 1. The molecule has 1 N–H and O–H groups in total. The van der Waals surface area contributed by atoms with Crippen LogP contribution in [0.5, 0.6) is 5.75 Å². The van der Waals surface area contributed by atoms with Crippen molar-refractivity contribution in [3.8, 4) is 5.75 Å². The summed E-state index contributed by atoms with van der Waals surface area (Å²) < 4.78 is 34.9. The zero-order valence-electron chi connectivity index (χ0n) is 26.8. The normalized spacial score (nSPS) is 12.6. The van der Waals surface area contributed by atoms with E-state index in [1.54, 1.807) is 37.4 Å². The molecule has 0 bridgehead atoms. The number of methoxy groups -OCH3 is 1. The maximum Gasteiger partial charge on any atom is 0.264 e. The number of nitrogens with zero attached hydrogens (tertiary/aromatic N) is 2. The molecule has 0 aliphatic rings. The minimum Gasteiger partial charge on any atom is -0.497 e. The van der Waals surface area contributed by atoms with Crippen molar-refractivity contribution in [2.45, 2.75) is 57.1 Å². The quantitative estimate of drug-likeness (QED) is 0.152. The fourth-order valence-electron chi connectivity index (χ4n) is 4.99. The first-order chi connectivity index (χ1) is 22.4. The second kappa shape index (κ2) is 16.2. The summed E-state index contributed by atoms with van der Waals surface area (Å²) in [5.41, 5.74) is 2.44. The van der Waals surface area contributed by atoms with Gasteiger partial charge in [-0.3, -0.25) is 13.9 Å². The predicted molar refractivity (Wildman–Crippen MR) is 188 cm³/mol. The van der Waals surface area contributed by atoms with Crippen LogP contribution >= 0.6 is 23.2 Å². The van der Waals surface area contributed by atoms with Crippen LogP contribution in [0.15, 0.2) is 102 Å². The van der Waals surface area contributed by atoms with Crippen molar-refractivity contribution in [1.29, 1.82) is 0 Å². The number of sulfonamides is 1. The van der Waals surface area contributed by atoms with E-state index in [9.17, 15) is 18.0 Å². The van der Waals surface area contributed by atoms with Crippen LogP contribution < -0.4 is 14.4 Å². The molecule has 0 spiro atoms. The highest BCUT2D eigenvalue weighted by atomic mass is 35.5. The van der Waals surface area contributed by atoms with Crippen molar-refractivity contribution in [1.82, 2.24) is 10.2 Å². The number of nitrogens with one attached hydrogen (secondary N) is 1. The molecule has 4 aromatic carbocycles. The fourth-order valence-corrected chi connectivity index (χ4v) is 6.85. The van der Waals surface area contributed by atoms with Gasteiger partial charge in [0.05, 0.1) is 22.7 Å². The molecule has 4 aromatic rings. The number of carbonyl (C=O) groups excluding carboxylic acids is 2. The average molecular weight is 697 g/mol. The lowest BCUT2D eigenvalue weighted by molar-refractivity contribution is -0.140. The summed E-state index contributed by atoms with van der Waals surface area (Å²) in [6.45, 7) is 5.05. The standard InChI is InChI=1S/C36H39Cl2N3O5S/c1-5-26(3)39-36(43)34(21-27-10-7-6-8-11-27)40(23-28-12-9-13-30(20-28)46-4)35(42)24-41(33-22-29(37)16-19-32(33)38)47(44,45)31-17-14-25(2)15-18-31/h6-20,22,26,34H,5,21,23-24H2,1-4H3,(H,39,43)/t26-,34+/m1/s1. The molecule has 0 saturated carbocycles. The lowest BCUT2D eigenvalue weighted by Crippen LogP contribution is -2.54. The number of hydrogen-bond acceptors (Lipinski definition) is 5. The molecule has 0 radical (unpaired) electrons. The molecule has 248 valence electrons. The monoisotopic (exact) mass is 695 g/mol. The number of carbonyl (C=O) groups is 2. The fraction of sp³-hybridized carbons (Fsp3) is 0.278. The third-order valence-electron chi connectivity index (χ3n) is 7.82. The van der Waals surface area contributed by atoms with Crippen LogP contribution in [0, 0.1) is 6.92 Å². The van der Waals surface area contributed by atoms with E-state index in [1.807, 2.05) is 57.2 Å². The Balaban J connectivity index is 1.85. The highest BCUT2D eigenvalue weighted by molar-refractivity contribution is 7.92. The van der Waals surface area contributed by atoms with Gasteiger partial charge >= 0.3 is 0 Å². The number of halogens is 2. The lowest BCUT2D eigenvalue weighted by atomic mass is 10.0. The van der Waals surface area contributed by atoms with Crippen molar-refractivity contribution >= 4 is 50.7 Å². The summed E-state index contributed by atoms with van der Waals surface area (Å²) in [6.07, 6.45) is 0.880. The average Bonchev–Trinajstić information content (AvgIpc) is 3.06. The van der Waals surface area contributed by atoms with Gasteiger partial charge in [0, 0.05) is 24.0 Å². The van der Waals surface area contributed by atoms with Crippen LogP contribution in [-0.2, 0) is 32.6 Å². The Bertz CT molecular complexity index is 1790. The SMILES string of the molecule is CC[C@@H](C)NC(=O)[C@H](Cc1ccccc1)N(Cc1cccc(OC)c1)C(=O)CN(c1cc(Cl)ccc1Cl)S(=O)(=O)c1ccc(C)cc1. The molecule has 0 heterocycles. The molecule has 0 fully saturated rings. The number of benzene rings is 4. The van der Waals surface area contributed by atoms with E-state index in [1.165, 1.54) is 35.2 Å². The third kappa shape index (κ3) is 9.28. The van der Waals surface area contributed by atoms with Gasteiger partial charge < -0.3 is 15.0 Å². The molecule has 4 rings (SSSR count). The third-order valence-corrected chi connectivity index (χ3v) is 10.2. The molecule has 8 nitrogen and oxygen atoms in total. The second-order valence-electron chi connectivity index (χ2n) is 11.3. The second-order valence-corrected chi connectivity index (χ2v) is 14.0. The Labute approximate surface area is 287 Å². The molecule has 0 aliphatic heterocycles. The van der Waals surface area contributed by atoms with E-state index in [0.29, 0.717) is 17.7 Å². The van der Waals surface area contributed by atoms with E-state index in [4.69, 9.17) is 27.9 Å². The van der Waals surface area contributed by atoms with Crippen molar-refractivity contribution in [2.24, 2.45) is 0 Å². The summed E-state index contributed by atoms with van der Waals surface area (Å²) in [5.74, 6) is -0.388. The Morgan fingerprint density at radius 2 is 1.57 bits per heavy atom. The number of ether oxygens (including phenoxy) is 1. The Morgan fingerprint density at radius 1 is 0.894 bits per heavy atom. The Hall–Kier alpha value is -4.05. The Kier molecular flexibility index (Phi) is 12.3. The first-order valence-corrected chi connectivity index (χ1v) is 17.4. The zero-order chi connectivity index (χ0) is 34.1. The largest absolute Gasteiger partial charge is 0.497 e. The summed E-state index contributed by atoms with van der Waals surface area (Å²) in [4.78, 5) is 30.0. The van der Waals surface area contributed by atoms with Crippen LogP contribution in [0.2, 0.25) is 10.0 Å². The molecule has 0 aromatic heterocycles. The number of rotatable bonds is 14. The van der Waals surface area contributed by atoms with Gasteiger partial charge in [-0.1, -0.05) is 90.3 Å². The van der Waals surface area contributed by atoms with E-state index in [-0.39, 0.29) is 45.5 Å². The van der Waals surface area contributed by atoms with Crippen LogP contribution in [0.4, 0.5) is 5.69 Å². The van der Waals surface area contributed by atoms with E-state index in [0.717, 1.165) is 15.4 Å². The molecule has 0 saturated heterocycles. The molecule has 47 heavy (non-hydrogen) atoms. The first kappa shape index (κ1) is 35.8. The summed E-state index contributed by atoms with van der Waals surface area (Å²) in [5, 5.41) is 3.36. The van der Waals surface area contributed by atoms with E-state index >= 15 is 0 Å². The summed E-state index contributed by atoms with van der Waals surface area (Å²) in [6, 6.07) is 26.2. The van der Waals surface area contributed by atoms with Gasteiger partial charge in [-0.25, -0.2) is 8.42 Å². The smallest absolute Gasteiger partial charge is 0.264 e. The number of hydrogen-bond donors (Lipinski definition) is 1. The highest BCUT2D eigenvalue weighted by Crippen LogP contribution is 2.33. The van der Waals surface area contributed by atoms with Crippen LogP contribution in [0.1, 0.15) is 37.0 Å². The van der Waals surface area contributed by atoms with E-state index in [2.05, 4.69) is 5.32 Å². The van der Waals surface area contributed by atoms with Crippen molar-refractivity contribution in [3.05, 3.63) is 124 Å². The van der Waals surface area contributed by atoms with E-state index < -0.39 is 28.5 Å². The maximum atomic E-state index is 14.6. The maximum absolute atomic E-state index is 14.6. The molecule has 0 unspecified atom stereocenters. The highest BCUT2D eigenvalue weighted by Gasteiger charge is 2.35. The van der Waals surface area contributed by atoms with Crippen molar-refractivity contribution < 1.29 is 22.7 Å². The molecular formula is C36H39Cl2N3O5S. The zero-order valence-corrected chi connectivity index (χ0v) is 29.1. The summed E-state index contributed by atoms with van der Waals surface area (Å²) in [7, 11) is -2.78. The predicted octanol–water partition coefficient (Wildman–Crippen LogP) is 7.06. The minimum absolute atomic E-state index is 0.00313. The summed E-state index contributed by atoms with van der Waals surface area (Å²) >= 11 is 12.9. The number of amides is 2. The van der Waals surface area contributed by atoms with Crippen molar-refractivity contribution in [3.63, 3.8) is 0 Å². The molecule has 0 aliphatic carbocycles. The van der Waals surface area contributed by atoms with Gasteiger partial charge in [-0.05, 0) is 73.9 Å². The lowest BCUT2D eigenvalue weighted by Gasteiger charge is -2.34. The Morgan fingerprint density at radius 3 is 2.23 bits per heavy atom. The van der Waals surface area contributed by atoms with Crippen LogP contribution in [0.25, 0.3) is 0 Å². The molecular weight excluding hydrogens is 657 g/mol. The first-order valence-electron chi connectivity index (χ1n) is 15.2. The van der Waals surface area contributed by atoms with Gasteiger partial charge in [0.25, 0.3) is 10.0 Å². The molecule has 2 atom stereocenters. The molecule has 11 heteroatoms. The van der Waals surface area contributed by atoms with Gasteiger partial charge in [0.2, 0.25) is 11.8 Å². The van der Waals surface area contributed by atoms with Crippen LogP contribution in [-0.4, -0.2) is 50.9 Å². The van der Waals surface area contributed by atoms with Crippen molar-refractivity contribution in [2.75, 3.05) is 18.0 Å². The van der Waals surface area contributed by atoms with Gasteiger partial charge in [0.1, 0.15) is 18.3 Å². The minimum atomic E-state index is -4.33.